The van der Waals surface area contributed by atoms with Crippen molar-refractivity contribution < 1.29 is 14.3 Å². The summed E-state index contributed by atoms with van der Waals surface area (Å²) in [7, 11) is 0. The van der Waals surface area contributed by atoms with E-state index in [9.17, 15) is 4.79 Å². The van der Waals surface area contributed by atoms with Crippen LogP contribution in [0.4, 0.5) is 0 Å². The van der Waals surface area contributed by atoms with Gasteiger partial charge in [0.25, 0.3) is 5.91 Å². The summed E-state index contributed by atoms with van der Waals surface area (Å²) in [5, 5.41) is 9.02. The highest BCUT2D eigenvalue weighted by Gasteiger charge is 2.28. The number of carbonyl (C=O) groups excluding carboxylic acids is 1. The molecule has 5 heteroatoms. The molecule has 1 aromatic rings. The van der Waals surface area contributed by atoms with Crippen LogP contribution >= 0.6 is 0 Å². The molecule has 2 heterocycles. The Labute approximate surface area is 117 Å². The highest BCUT2D eigenvalue weighted by molar-refractivity contribution is 5.98. The second kappa shape index (κ2) is 5.41. The van der Waals surface area contributed by atoms with Crippen molar-refractivity contribution >= 4 is 5.91 Å². The Balaban J connectivity index is 1.86. The minimum atomic E-state index is -0.0766. The number of piperidine rings is 1. The van der Waals surface area contributed by atoms with E-state index in [2.05, 4.69) is 6.07 Å². The number of fused-ring (bicyclic) bond motifs is 1. The van der Waals surface area contributed by atoms with Crippen LogP contribution in [0.2, 0.25) is 0 Å². The number of carbonyl (C=O) groups is 1. The quantitative estimate of drug-likeness (QED) is 0.782. The summed E-state index contributed by atoms with van der Waals surface area (Å²) in [6.07, 6.45) is 1.74. The molecule has 5 nitrogen and oxygen atoms in total. The summed E-state index contributed by atoms with van der Waals surface area (Å²) < 4.78 is 11.1. The van der Waals surface area contributed by atoms with E-state index in [0.717, 1.165) is 12.8 Å². The van der Waals surface area contributed by atoms with Gasteiger partial charge in [0.15, 0.2) is 11.5 Å². The van der Waals surface area contributed by atoms with E-state index in [1.807, 2.05) is 0 Å². The fraction of sp³-hybridized carbons (Fsp3) is 0.467. The van der Waals surface area contributed by atoms with Gasteiger partial charge < -0.3 is 14.4 Å². The zero-order valence-corrected chi connectivity index (χ0v) is 11.2. The normalized spacial score (nSPS) is 21.1. The Morgan fingerprint density at radius 1 is 1.35 bits per heavy atom. The third-order valence-corrected chi connectivity index (χ3v) is 3.69. The first-order valence-electron chi connectivity index (χ1n) is 6.87. The summed E-state index contributed by atoms with van der Waals surface area (Å²) in [6.45, 7) is 2.16. The summed E-state index contributed by atoms with van der Waals surface area (Å²) in [4.78, 5) is 14.4. The molecule has 0 aliphatic carbocycles. The van der Waals surface area contributed by atoms with Crippen LogP contribution in [0.5, 0.6) is 11.5 Å². The molecule has 1 atom stereocenters. The topological polar surface area (TPSA) is 62.6 Å². The van der Waals surface area contributed by atoms with Crippen LogP contribution in [0.3, 0.4) is 0 Å². The Bertz CT molecular complexity index is 565. The van der Waals surface area contributed by atoms with Crippen molar-refractivity contribution in [1.29, 1.82) is 5.26 Å². The molecule has 2 aliphatic heterocycles. The van der Waals surface area contributed by atoms with Gasteiger partial charge >= 0.3 is 0 Å². The predicted octanol–water partition coefficient (Wildman–Crippen LogP) is 1.83. The molecule has 0 spiro atoms. The van der Waals surface area contributed by atoms with Crippen molar-refractivity contribution in [2.75, 3.05) is 26.3 Å². The summed E-state index contributed by atoms with van der Waals surface area (Å²) in [6, 6.07) is 7.61. The second-order valence-electron chi connectivity index (χ2n) is 5.05. The summed E-state index contributed by atoms with van der Waals surface area (Å²) in [5.74, 6) is 1.01. The molecular formula is C15H16N2O3. The molecule has 0 aromatic heterocycles. The standard InChI is InChI=1S/C15H16N2O3/c16-9-11-3-2-6-17(10-11)15(18)12-4-1-5-13-14(12)20-8-7-19-13/h1,4-5,11H,2-3,6-8,10H2. The Kier molecular flexibility index (Phi) is 3.46. The molecule has 3 rings (SSSR count). The molecule has 0 N–H and O–H groups in total. The molecule has 0 radical (unpaired) electrons. The summed E-state index contributed by atoms with van der Waals surface area (Å²) >= 11 is 0. The largest absolute Gasteiger partial charge is 0.486 e. The Hall–Kier alpha value is -2.22. The number of benzene rings is 1. The highest BCUT2D eigenvalue weighted by Crippen LogP contribution is 2.34. The number of hydrogen-bond donors (Lipinski definition) is 0. The molecule has 104 valence electrons. The van der Waals surface area contributed by atoms with E-state index in [0.29, 0.717) is 43.4 Å². The smallest absolute Gasteiger partial charge is 0.257 e. The minimum absolute atomic E-state index is 0.0654. The highest BCUT2D eigenvalue weighted by atomic mass is 16.6. The molecule has 1 aromatic carbocycles. The first-order valence-corrected chi connectivity index (χ1v) is 6.87. The third kappa shape index (κ3) is 2.29. The summed E-state index contributed by atoms with van der Waals surface area (Å²) in [5.41, 5.74) is 0.529. The predicted molar refractivity (Wildman–Crippen MR) is 71.7 cm³/mol. The van der Waals surface area contributed by atoms with Gasteiger partial charge in [-0.3, -0.25) is 4.79 Å². The van der Waals surface area contributed by atoms with E-state index in [4.69, 9.17) is 14.7 Å². The van der Waals surface area contributed by atoms with Gasteiger partial charge in [-0.2, -0.15) is 5.26 Å². The fourth-order valence-electron chi connectivity index (χ4n) is 2.68. The molecule has 1 saturated heterocycles. The molecule has 20 heavy (non-hydrogen) atoms. The van der Waals surface area contributed by atoms with Crippen LogP contribution in [0.1, 0.15) is 23.2 Å². The van der Waals surface area contributed by atoms with Crippen LogP contribution in [0.15, 0.2) is 18.2 Å². The molecule has 1 fully saturated rings. The van der Waals surface area contributed by atoms with E-state index < -0.39 is 0 Å². The van der Waals surface area contributed by atoms with E-state index in [-0.39, 0.29) is 11.8 Å². The number of likely N-dealkylation sites (tertiary alicyclic amines) is 1. The van der Waals surface area contributed by atoms with Gasteiger partial charge in [0.2, 0.25) is 0 Å². The van der Waals surface area contributed by atoms with Gasteiger partial charge in [0, 0.05) is 13.1 Å². The van der Waals surface area contributed by atoms with Crippen LogP contribution in [0, 0.1) is 17.2 Å². The number of para-hydroxylation sites is 1. The zero-order valence-electron chi connectivity index (χ0n) is 11.2. The molecular weight excluding hydrogens is 256 g/mol. The lowest BCUT2D eigenvalue weighted by Gasteiger charge is -2.30. The molecule has 1 amide bonds. The van der Waals surface area contributed by atoms with Crippen LogP contribution in [-0.4, -0.2) is 37.1 Å². The van der Waals surface area contributed by atoms with Crippen LogP contribution < -0.4 is 9.47 Å². The average Bonchev–Trinajstić information content (AvgIpc) is 2.53. The maximum atomic E-state index is 12.6. The average molecular weight is 272 g/mol. The van der Waals surface area contributed by atoms with Gasteiger partial charge in [-0.25, -0.2) is 0 Å². The maximum Gasteiger partial charge on any atom is 0.257 e. The molecule has 0 saturated carbocycles. The monoisotopic (exact) mass is 272 g/mol. The first-order chi connectivity index (χ1) is 9.79. The van der Waals surface area contributed by atoms with Gasteiger partial charge in [-0.1, -0.05) is 6.07 Å². The SMILES string of the molecule is N#CC1CCCN(C(=O)c2cccc3c2OCCO3)C1. The van der Waals surface area contributed by atoms with Gasteiger partial charge in [-0.05, 0) is 25.0 Å². The Morgan fingerprint density at radius 2 is 2.20 bits per heavy atom. The number of nitrogens with zero attached hydrogens (tertiary/aromatic N) is 2. The zero-order chi connectivity index (χ0) is 13.9. The number of amides is 1. The van der Waals surface area contributed by atoms with E-state index in [1.54, 1.807) is 23.1 Å². The number of ether oxygens (including phenoxy) is 2. The number of hydrogen-bond acceptors (Lipinski definition) is 4. The van der Waals surface area contributed by atoms with Gasteiger partial charge in [-0.15, -0.1) is 0 Å². The third-order valence-electron chi connectivity index (χ3n) is 3.69. The van der Waals surface area contributed by atoms with Crippen LogP contribution in [-0.2, 0) is 0 Å². The fourth-order valence-corrected chi connectivity index (χ4v) is 2.68. The van der Waals surface area contributed by atoms with Crippen molar-refractivity contribution in [3.63, 3.8) is 0 Å². The second-order valence-corrected chi connectivity index (χ2v) is 5.05. The van der Waals surface area contributed by atoms with Crippen molar-refractivity contribution in [1.82, 2.24) is 4.90 Å². The van der Waals surface area contributed by atoms with Crippen molar-refractivity contribution in [3.8, 4) is 17.6 Å². The number of nitriles is 1. The first kappa shape index (κ1) is 12.8. The molecule has 0 bridgehead atoms. The minimum Gasteiger partial charge on any atom is -0.486 e. The van der Waals surface area contributed by atoms with Crippen molar-refractivity contribution in [2.24, 2.45) is 5.92 Å². The lowest BCUT2D eigenvalue weighted by molar-refractivity contribution is 0.0688. The Morgan fingerprint density at radius 3 is 3.05 bits per heavy atom. The molecule has 1 unspecified atom stereocenters. The van der Waals surface area contributed by atoms with Gasteiger partial charge in [0.05, 0.1) is 17.6 Å². The van der Waals surface area contributed by atoms with Crippen molar-refractivity contribution in [3.05, 3.63) is 23.8 Å². The van der Waals surface area contributed by atoms with Crippen LogP contribution in [0.25, 0.3) is 0 Å². The molecule has 2 aliphatic rings. The lowest BCUT2D eigenvalue weighted by Crippen LogP contribution is -2.39. The lowest BCUT2D eigenvalue weighted by atomic mass is 9.99. The van der Waals surface area contributed by atoms with E-state index in [1.165, 1.54) is 0 Å². The van der Waals surface area contributed by atoms with Crippen molar-refractivity contribution in [2.45, 2.75) is 12.8 Å². The number of rotatable bonds is 1. The van der Waals surface area contributed by atoms with Gasteiger partial charge in [0.1, 0.15) is 13.2 Å². The maximum absolute atomic E-state index is 12.6. The van der Waals surface area contributed by atoms with E-state index >= 15 is 0 Å².